The van der Waals surface area contributed by atoms with E-state index in [2.05, 4.69) is 58.2 Å². The molecule has 35 heteroatoms. The number of carboxylic acid groups (broad SMARTS) is 1. The standard InChI is InChI=1S/C49H77N15O17S3/c50-11-5-4-9-31-42(72)62-34-26-83-84-27-35(63-43(73)33(22-40(69)70)59-37(66)23-57-41(71)30(60-45(34)75)10-6-12-56-49(52)53)46(76)61-32(21-29-7-2-1-3-8-29)44(74)64-48(82-28-39(68)58-31)47(77)55-14-16-79-18-20-80-19-17-78-15-13-54-38(67)25-81-24-36(51)65/h1-3,7-8,30-35,48H,4-6,9-28,50H2,(H2,51,65)(H,54,67)(H,55,77)(H,57,71)(H,58,68)(H,59,66)(H,60,75)(H,61,76)(H,62,72)(H,63,73)(H,64,74)(H,69,70)(H4,52,53,56)/t30-,31-,32-,33-,34-,35-,48?/m0/s1. The number of thioether (sulfide) groups is 1. The molecule has 0 aliphatic carbocycles. The molecule has 3 rings (SSSR count). The minimum atomic E-state index is -1.80. The number of carboxylic acids is 1. The number of guanidine groups is 1. The number of nitrogens with zero attached hydrogens (tertiary/aromatic N) is 1. The largest absolute Gasteiger partial charge is 0.481 e. The average Bonchev–Trinajstić information content (AvgIpc) is 3.67. The highest BCUT2D eigenvalue weighted by atomic mass is 33.1. The molecule has 468 valence electrons. The molecule has 2 saturated heterocycles. The summed E-state index contributed by atoms with van der Waals surface area (Å²) in [6.07, 6.45) is -0.291. The van der Waals surface area contributed by atoms with Crippen LogP contribution in [0, 0.1) is 0 Å². The second kappa shape index (κ2) is 41.1. The lowest BCUT2D eigenvalue weighted by Crippen LogP contribution is -2.59. The number of nitrogens with one attached hydrogen (secondary N) is 10. The van der Waals surface area contributed by atoms with Crippen molar-refractivity contribution in [2.45, 2.75) is 86.6 Å². The molecule has 7 atom stereocenters. The second-order valence-corrected chi connectivity index (χ2v) is 22.1. The number of hydrogen-bond acceptors (Lipinski definition) is 21. The number of hydrogen-bond donors (Lipinski definition) is 15. The highest BCUT2D eigenvalue weighted by molar-refractivity contribution is 8.76. The smallest absolute Gasteiger partial charge is 0.305 e. The molecule has 1 aromatic rings. The fourth-order valence-corrected chi connectivity index (χ4v) is 10.6. The van der Waals surface area contributed by atoms with Crippen LogP contribution in [0.4, 0.5) is 0 Å². The van der Waals surface area contributed by atoms with Crippen molar-refractivity contribution in [3.63, 3.8) is 0 Å². The molecule has 2 aliphatic rings. The third-order valence-corrected chi connectivity index (χ3v) is 15.1. The molecular formula is C49H77N15O17S3. The Morgan fingerprint density at radius 2 is 1.17 bits per heavy atom. The van der Waals surface area contributed by atoms with Gasteiger partial charge in [0.15, 0.2) is 11.3 Å². The van der Waals surface area contributed by atoms with Crippen LogP contribution in [0.25, 0.3) is 0 Å². The molecule has 0 spiro atoms. The lowest BCUT2D eigenvalue weighted by atomic mass is 10.0. The zero-order valence-electron chi connectivity index (χ0n) is 46.2. The molecule has 0 aromatic heterocycles. The van der Waals surface area contributed by atoms with Gasteiger partial charge in [0.2, 0.25) is 59.1 Å². The maximum Gasteiger partial charge on any atom is 0.305 e. The molecule has 32 nitrogen and oxygen atoms in total. The van der Waals surface area contributed by atoms with Crippen LogP contribution in [0.2, 0.25) is 0 Å². The highest BCUT2D eigenvalue weighted by Gasteiger charge is 2.35. The highest BCUT2D eigenvalue weighted by Crippen LogP contribution is 2.24. The Labute approximate surface area is 496 Å². The van der Waals surface area contributed by atoms with E-state index in [0.717, 1.165) is 21.6 Å². The van der Waals surface area contributed by atoms with E-state index in [1.807, 2.05) is 0 Å². The van der Waals surface area contributed by atoms with Gasteiger partial charge >= 0.3 is 5.97 Å². The molecule has 0 saturated carbocycles. The molecule has 1 aromatic carbocycles. The predicted molar refractivity (Wildman–Crippen MR) is 308 cm³/mol. The molecule has 1 unspecified atom stereocenters. The monoisotopic (exact) mass is 1240 g/mol. The van der Waals surface area contributed by atoms with Crippen LogP contribution in [0.1, 0.15) is 44.1 Å². The number of fused-ring (bicyclic) bond motifs is 5. The van der Waals surface area contributed by atoms with E-state index in [0.29, 0.717) is 30.2 Å². The molecule has 2 bridgehead atoms. The SMILES string of the molecule is NCCCC[C@@H]1NC(=O)CSC(C(=O)NCCOCCOCCOCCNC(=O)COCC(N)=O)NC(=O)[C@H](Cc2ccccc2)NC(=O)[C@@H]2CSSC[C@H](NC1=O)C(=O)N[C@@H](CCCN=C(N)N)C(=O)NCC(=O)N[C@@H](CC(=O)O)C(=O)N2. The molecule has 19 N–H and O–H groups in total. The lowest BCUT2D eigenvalue weighted by Gasteiger charge is -2.26. The molecule has 84 heavy (non-hydrogen) atoms. The number of nitrogens with two attached hydrogens (primary N) is 4. The molecule has 0 radical (unpaired) electrons. The Hall–Kier alpha value is -7.02. The summed E-state index contributed by atoms with van der Waals surface area (Å²) >= 11 is 0.666. The normalized spacial score (nSPS) is 21.7. The first-order valence-corrected chi connectivity index (χ1v) is 30.2. The van der Waals surface area contributed by atoms with E-state index in [1.165, 1.54) is 0 Å². The Balaban J connectivity index is 1.93. The van der Waals surface area contributed by atoms with Crippen molar-refractivity contribution in [3.8, 4) is 0 Å². The van der Waals surface area contributed by atoms with Crippen molar-refractivity contribution in [2.24, 2.45) is 27.9 Å². The summed E-state index contributed by atoms with van der Waals surface area (Å²) in [4.78, 5) is 164. The van der Waals surface area contributed by atoms with Crippen molar-refractivity contribution in [2.75, 3.05) is 103 Å². The Morgan fingerprint density at radius 1 is 0.607 bits per heavy atom. The zero-order valence-corrected chi connectivity index (χ0v) is 48.6. The van der Waals surface area contributed by atoms with Gasteiger partial charge in [-0.2, -0.15) is 0 Å². The first-order chi connectivity index (χ1) is 40.3. The minimum absolute atomic E-state index is 0.0285. The predicted octanol–water partition coefficient (Wildman–Crippen LogP) is -6.72. The summed E-state index contributed by atoms with van der Waals surface area (Å²) in [6, 6.07) is -0.548. The average molecular weight is 1240 g/mol. The van der Waals surface area contributed by atoms with Crippen LogP contribution in [-0.4, -0.2) is 226 Å². The van der Waals surface area contributed by atoms with E-state index in [4.69, 9.17) is 41.9 Å². The molecular weight excluding hydrogens is 1170 g/mol. The summed E-state index contributed by atoms with van der Waals surface area (Å²) in [5, 5.41) is 33.7. The topological polar surface area (TPSA) is 499 Å². The number of aliphatic carboxylic acids is 1. The lowest BCUT2D eigenvalue weighted by molar-refractivity contribution is -0.141. The van der Waals surface area contributed by atoms with Gasteiger partial charge < -0.3 is 100 Å². The third-order valence-electron chi connectivity index (χ3n) is 11.6. The fourth-order valence-electron chi connectivity index (χ4n) is 7.45. The van der Waals surface area contributed by atoms with Crippen molar-refractivity contribution in [1.29, 1.82) is 0 Å². The van der Waals surface area contributed by atoms with Gasteiger partial charge in [-0.25, -0.2) is 0 Å². The van der Waals surface area contributed by atoms with E-state index < -0.39 is 131 Å². The van der Waals surface area contributed by atoms with E-state index >= 15 is 0 Å². The van der Waals surface area contributed by atoms with Gasteiger partial charge in [-0.1, -0.05) is 51.9 Å². The number of ether oxygens (including phenoxy) is 4. The summed E-state index contributed by atoms with van der Waals surface area (Å²) in [6.45, 7) is -0.368. The quantitative estimate of drug-likeness (QED) is 0.0153. The Morgan fingerprint density at radius 3 is 1.77 bits per heavy atom. The first kappa shape index (κ1) is 71.2. The Kier molecular flexibility index (Phi) is 34.8. The molecule has 2 aliphatic heterocycles. The van der Waals surface area contributed by atoms with Crippen molar-refractivity contribution >= 4 is 110 Å². The summed E-state index contributed by atoms with van der Waals surface area (Å²) < 4.78 is 21.3. The summed E-state index contributed by atoms with van der Waals surface area (Å²) in [7, 11) is 1.88. The molecule has 2 fully saturated rings. The summed E-state index contributed by atoms with van der Waals surface area (Å²) in [5.41, 5.74) is 22.2. The number of unbranched alkanes of at least 4 members (excludes halogenated alkanes) is 1. The van der Waals surface area contributed by atoms with E-state index in [-0.39, 0.29) is 122 Å². The van der Waals surface area contributed by atoms with Gasteiger partial charge in [0.05, 0.1) is 58.4 Å². The van der Waals surface area contributed by atoms with Crippen LogP contribution in [0.5, 0.6) is 0 Å². The third kappa shape index (κ3) is 30.5. The van der Waals surface area contributed by atoms with Gasteiger partial charge in [0.1, 0.15) is 49.5 Å². The molecule has 11 amide bonds. The number of benzene rings is 1. The van der Waals surface area contributed by atoms with Crippen LogP contribution in [0.15, 0.2) is 35.3 Å². The minimum Gasteiger partial charge on any atom is -0.481 e. The van der Waals surface area contributed by atoms with Gasteiger partial charge in [0.25, 0.3) is 5.91 Å². The van der Waals surface area contributed by atoms with E-state index in [9.17, 15) is 62.6 Å². The second-order valence-electron chi connectivity index (χ2n) is 18.4. The van der Waals surface area contributed by atoms with Gasteiger partial charge in [0, 0.05) is 37.6 Å². The number of amides is 11. The maximum atomic E-state index is 14.5. The van der Waals surface area contributed by atoms with E-state index in [1.54, 1.807) is 30.3 Å². The molecule has 2 heterocycles. The first-order valence-electron chi connectivity index (χ1n) is 26.6. The van der Waals surface area contributed by atoms with Gasteiger partial charge in [-0.05, 0) is 44.2 Å². The Bertz CT molecular complexity index is 2380. The van der Waals surface area contributed by atoms with Crippen LogP contribution in [-0.2, 0) is 82.9 Å². The summed E-state index contributed by atoms with van der Waals surface area (Å²) in [5.74, 6) is -12.2. The van der Waals surface area contributed by atoms with Crippen LogP contribution >= 0.6 is 33.3 Å². The van der Waals surface area contributed by atoms with Crippen LogP contribution < -0.4 is 76.1 Å². The number of primary amides is 1. The van der Waals surface area contributed by atoms with Crippen molar-refractivity contribution in [3.05, 3.63) is 35.9 Å². The maximum absolute atomic E-state index is 14.5. The van der Waals surface area contributed by atoms with Crippen molar-refractivity contribution in [1.82, 2.24) is 53.2 Å². The number of aliphatic imine (C=N–C) groups is 1. The van der Waals surface area contributed by atoms with Crippen LogP contribution in [0.3, 0.4) is 0 Å². The number of carbonyl (C=O) groups excluding carboxylic acids is 11. The number of carbonyl (C=O) groups is 12. The fraction of sp³-hybridized carbons (Fsp3) is 0.612. The van der Waals surface area contributed by atoms with Crippen molar-refractivity contribution < 1.29 is 81.6 Å². The number of rotatable bonds is 29. The zero-order chi connectivity index (χ0) is 61.7. The van der Waals surface area contributed by atoms with Gasteiger partial charge in [-0.3, -0.25) is 62.5 Å². The van der Waals surface area contributed by atoms with Gasteiger partial charge in [-0.15, -0.1) is 11.8 Å².